The maximum Gasteiger partial charge on any atom is 0.408 e. The number of alkyl carbamates (subject to hydrolysis) is 1. The predicted molar refractivity (Wildman–Crippen MR) is 108 cm³/mol. The van der Waals surface area contributed by atoms with Crippen LogP contribution in [0.2, 0.25) is 0 Å². The fourth-order valence-electron chi connectivity index (χ4n) is 2.42. The van der Waals surface area contributed by atoms with Crippen molar-refractivity contribution in [3.8, 4) is 0 Å². The van der Waals surface area contributed by atoms with Gasteiger partial charge < -0.3 is 21.1 Å². The van der Waals surface area contributed by atoms with Crippen LogP contribution in [0.25, 0.3) is 0 Å². The minimum absolute atomic E-state index is 0.00581. The van der Waals surface area contributed by atoms with Crippen LogP contribution in [-0.2, 0) is 31.0 Å². The van der Waals surface area contributed by atoms with E-state index in [-0.39, 0.29) is 30.0 Å². The third-order valence-electron chi connectivity index (χ3n) is 3.95. The molecule has 3 amide bonds. The van der Waals surface area contributed by atoms with Gasteiger partial charge in [0.2, 0.25) is 21.8 Å². The number of primary amides is 1. The summed E-state index contributed by atoms with van der Waals surface area (Å²) in [6.45, 7) is 0.00581. The van der Waals surface area contributed by atoms with Crippen LogP contribution in [-0.4, -0.2) is 32.4 Å². The molecule has 0 bridgehead atoms. The molecule has 0 aliphatic heterocycles. The van der Waals surface area contributed by atoms with Gasteiger partial charge in [0.1, 0.15) is 12.6 Å². The number of nitrogens with one attached hydrogen (secondary N) is 2. The van der Waals surface area contributed by atoms with Crippen molar-refractivity contribution in [2.45, 2.75) is 30.4 Å². The topological polar surface area (TPSA) is 171 Å². The predicted octanol–water partition coefficient (Wildman–Crippen LogP) is 0.833. The fourth-order valence-corrected chi connectivity index (χ4v) is 2.94. The third kappa shape index (κ3) is 7.53. The van der Waals surface area contributed by atoms with Crippen molar-refractivity contribution in [1.29, 1.82) is 0 Å². The van der Waals surface area contributed by atoms with Crippen molar-refractivity contribution >= 4 is 33.6 Å². The van der Waals surface area contributed by atoms with E-state index in [1.807, 2.05) is 6.07 Å². The fraction of sp³-hybridized carbons (Fsp3) is 0.211. The summed E-state index contributed by atoms with van der Waals surface area (Å²) in [5, 5.41) is 9.96. The van der Waals surface area contributed by atoms with Crippen LogP contribution in [0.5, 0.6) is 0 Å². The summed E-state index contributed by atoms with van der Waals surface area (Å²) in [7, 11) is -3.87. The van der Waals surface area contributed by atoms with Crippen molar-refractivity contribution in [2.24, 2.45) is 10.9 Å². The molecule has 0 aliphatic carbocycles. The highest BCUT2D eigenvalue weighted by Crippen LogP contribution is 2.14. The zero-order valence-corrected chi connectivity index (χ0v) is 16.7. The zero-order chi connectivity index (χ0) is 22.1. The van der Waals surface area contributed by atoms with Gasteiger partial charge in [-0.3, -0.25) is 9.59 Å². The molecular formula is C19H22N4O6S. The number of ether oxygens (including phenoxy) is 1. The first-order chi connectivity index (χ1) is 14.1. The Balaban J connectivity index is 2.00. The van der Waals surface area contributed by atoms with Crippen molar-refractivity contribution in [1.82, 2.24) is 5.32 Å². The molecule has 0 saturated carbocycles. The second-order valence-electron chi connectivity index (χ2n) is 6.32. The average Bonchev–Trinajstić information content (AvgIpc) is 2.70. The van der Waals surface area contributed by atoms with E-state index in [4.69, 9.17) is 15.6 Å². The monoisotopic (exact) mass is 434 g/mol. The zero-order valence-electron chi connectivity index (χ0n) is 15.9. The minimum atomic E-state index is -3.87. The lowest BCUT2D eigenvalue weighted by Crippen LogP contribution is -2.44. The Labute approximate surface area is 173 Å². The molecule has 0 radical (unpaired) electrons. The highest BCUT2D eigenvalue weighted by atomic mass is 32.2. The van der Waals surface area contributed by atoms with Gasteiger partial charge in [-0.2, -0.15) is 0 Å². The molecule has 10 nitrogen and oxygen atoms in total. The van der Waals surface area contributed by atoms with Gasteiger partial charge >= 0.3 is 6.09 Å². The Kier molecular flexibility index (Phi) is 7.90. The molecule has 0 fully saturated rings. The van der Waals surface area contributed by atoms with Crippen molar-refractivity contribution in [2.75, 3.05) is 5.32 Å². The normalized spacial score (nSPS) is 11.9. The number of nitrogens with two attached hydrogens (primary N) is 2. The van der Waals surface area contributed by atoms with E-state index in [0.717, 1.165) is 5.56 Å². The number of amides is 3. The summed E-state index contributed by atoms with van der Waals surface area (Å²) in [5.41, 5.74) is 6.17. The van der Waals surface area contributed by atoms with Crippen LogP contribution in [0.3, 0.4) is 0 Å². The number of sulfonamides is 1. The van der Waals surface area contributed by atoms with E-state index in [1.165, 1.54) is 24.3 Å². The van der Waals surface area contributed by atoms with E-state index in [0.29, 0.717) is 0 Å². The number of primary sulfonamides is 1. The van der Waals surface area contributed by atoms with Crippen LogP contribution in [0, 0.1) is 0 Å². The lowest BCUT2D eigenvalue weighted by Gasteiger charge is -2.18. The van der Waals surface area contributed by atoms with Gasteiger partial charge in [-0.15, -0.1) is 0 Å². The Morgan fingerprint density at radius 3 is 2.20 bits per heavy atom. The molecule has 30 heavy (non-hydrogen) atoms. The van der Waals surface area contributed by atoms with Crippen LogP contribution in [0.4, 0.5) is 10.5 Å². The summed E-state index contributed by atoms with van der Waals surface area (Å²) in [5.74, 6) is -1.26. The first-order valence-corrected chi connectivity index (χ1v) is 10.4. The molecule has 0 spiro atoms. The first kappa shape index (κ1) is 22.8. The Bertz CT molecular complexity index is 993. The second kappa shape index (κ2) is 10.4. The molecule has 0 unspecified atom stereocenters. The third-order valence-corrected chi connectivity index (χ3v) is 4.88. The molecule has 6 N–H and O–H groups in total. The Hall–Kier alpha value is -3.44. The molecule has 11 heteroatoms. The standard InChI is InChI=1S/C19H22N4O6S/c20-17(24)11-10-16(23-19(26)29-12-13-4-2-1-3-5-13)18(25)22-14-6-8-15(9-7-14)30(21,27)28/h1-9,16H,10-12H2,(H2,20,24)(H,22,25)(H,23,26)(H2,21,27,28)/t16-/m0/s1. The number of rotatable bonds is 9. The van der Waals surface area contributed by atoms with E-state index in [9.17, 15) is 22.8 Å². The summed E-state index contributed by atoms with van der Waals surface area (Å²) in [6, 6.07) is 13.0. The maximum absolute atomic E-state index is 12.5. The molecule has 0 aliphatic rings. The Morgan fingerprint density at radius 2 is 1.63 bits per heavy atom. The van der Waals surface area contributed by atoms with Gasteiger partial charge in [0.25, 0.3) is 0 Å². The number of carbonyl (C=O) groups excluding carboxylic acids is 3. The van der Waals surface area contributed by atoms with Gasteiger partial charge in [0.05, 0.1) is 4.90 Å². The minimum Gasteiger partial charge on any atom is -0.445 e. The number of benzene rings is 2. The SMILES string of the molecule is NC(=O)CC[C@H](NC(=O)OCc1ccccc1)C(=O)Nc1ccc(S(N)(=O)=O)cc1. The van der Waals surface area contributed by atoms with Gasteiger partial charge in [0, 0.05) is 12.1 Å². The Morgan fingerprint density at radius 1 is 1.00 bits per heavy atom. The van der Waals surface area contributed by atoms with Crippen LogP contribution < -0.4 is 21.5 Å². The highest BCUT2D eigenvalue weighted by molar-refractivity contribution is 7.89. The molecule has 0 aromatic heterocycles. The molecule has 2 rings (SSSR count). The molecule has 160 valence electrons. The van der Waals surface area contributed by atoms with Gasteiger partial charge in [-0.05, 0) is 36.2 Å². The summed E-state index contributed by atoms with van der Waals surface area (Å²) in [6.07, 6.45) is -1.02. The number of hydrogen-bond donors (Lipinski definition) is 4. The molecular weight excluding hydrogens is 412 g/mol. The van der Waals surface area contributed by atoms with E-state index < -0.39 is 34.0 Å². The molecule has 0 saturated heterocycles. The largest absolute Gasteiger partial charge is 0.445 e. The number of hydrogen-bond acceptors (Lipinski definition) is 6. The van der Waals surface area contributed by atoms with Crippen molar-refractivity contribution < 1.29 is 27.5 Å². The maximum atomic E-state index is 12.5. The molecule has 1 atom stereocenters. The molecule has 2 aromatic rings. The smallest absolute Gasteiger partial charge is 0.408 e. The van der Waals surface area contributed by atoms with Gasteiger partial charge in [-0.25, -0.2) is 18.4 Å². The number of anilines is 1. The average molecular weight is 434 g/mol. The molecule has 2 aromatic carbocycles. The first-order valence-electron chi connectivity index (χ1n) is 8.84. The quantitative estimate of drug-likeness (QED) is 0.455. The van der Waals surface area contributed by atoms with Crippen LogP contribution in [0.1, 0.15) is 18.4 Å². The summed E-state index contributed by atoms with van der Waals surface area (Å²) >= 11 is 0. The second-order valence-corrected chi connectivity index (χ2v) is 7.88. The van der Waals surface area contributed by atoms with E-state index in [2.05, 4.69) is 10.6 Å². The van der Waals surface area contributed by atoms with Crippen molar-refractivity contribution in [3.05, 3.63) is 60.2 Å². The van der Waals surface area contributed by atoms with Crippen molar-refractivity contribution in [3.63, 3.8) is 0 Å². The van der Waals surface area contributed by atoms with Gasteiger partial charge in [0.15, 0.2) is 0 Å². The van der Waals surface area contributed by atoms with Gasteiger partial charge in [-0.1, -0.05) is 30.3 Å². The van der Waals surface area contributed by atoms with E-state index >= 15 is 0 Å². The van der Waals surface area contributed by atoms with Crippen LogP contribution in [0.15, 0.2) is 59.5 Å². The number of carbonyl (C=O) groups is 3. The lowest BCUT2D eigenvalue weighted by molar-refractivity contribution is -0.119. The highest BCUT2D eigenvalue weighted by Gasteiger charge is 2.22. The van der Waals surface area contributed by atoms with E-state index in [1.54, 1.807) is 24.3 Å². The summed E-state index contributed by atoms with van der Waals surface area (Å²) in [4.78, 5) is 35.6. The lowest BCUT2D eigenvalue weighted by atomic mass is 10.1. The summed E-state index contributed by atoms with van der Waals surface area (Å²) < 4.78 is 27.7. The van der Waals surface area contributed by atoms with Crippen LogP contribution >= 0.6 is 0 Å². The molecule has 0 heterocycles.